The van der Waals surface area contributed by atoms with Gasteiger partial charge in [0.15, 0.2) is 0 Å². The highest BCUT2D eigenvalue weighted by molar-refractivity contribution is 6.38. The number of carbonyl (C=O) groups is 5. The number of nitrogens with one attached hydrogen (secondary N) is 4. The molecule has 0 radical (unpaired) electrons. The normalized spacial score (nSPS) is 16.1. The first-order valence-corrected chi connectivity index (χ1v) is 12.3. The number of hydrogen-bond acceptors (Lipinski definition) is 5. The smallest absolute Gasteiger partial charge is 0.289 e. The van der Waals surface area contributed by atoms with Crippen LogP contribution in [-0.2, 0) is 19.2 Å². The number of rotatable bonds is 10. The van der Waals surface area contributed by atoms with Crippen molar-refractivity contribution in [1.82, 2.24) is 21.3 Å². The molecule has 1 aromatic carbocycles. The van der Waals surface area contributed by atoms with Crippen molar-refractivity contribution in [1.29, 1.82) is 0 Å². The summed E-state index contributed by atoms with van der Waals surface area (Å²) in [4.78, 5) is 63.3. The zero-order valence-corrected chi connectivity index (χ0v) is 21.3. The minimum absolute atomic E-state index is 0.0183. The maximum atomic E-state index is 12.8. The molecule has 1 aliphatic rings. The maximum Gasteiger partial charge on any atom is 0.289 e. The lowest BCUT2D eigenvalue weighted by Crippen LogP contribution is -2.60. The average Bonchev–Trinajstić information content (AvgIpc) is 2.82. The molecular formula is C26H38N4O5. The molecule has 2 unspecified atom stereocenters. The van der Waals surface area contributed by atoms with Crippen molar-refractivity contribution in [3.63, 3.8) is 0 Å². The highest BCUT2D eigenvalue weighted by Crippen LogP contribution is 2.17. The van der Waals surface area contributed by atoms with Crippen LogP contribution in [-0.4, -0.2) is 53.1 Å². The van der Waals surface area contributed by atoms with Crippen LogP contribution in [0.4, 0.5) is 0 Å². The first-order valence-electron chi connectivity index (χ1n) is 12.3. The molecule has 1 aromatic rings. The number of benzene rings is 1. The van der Waals surface area contributed by atoms with Gasteiger partial charge in [-0.2, -0.15) is 0 Å². The van der Waals surface area contributed by atoms with E-state index in [2.05, 4.69) is 21.3 Å². The Labute approximate surface area is 207 Å². The Bertz CT molecular complexity index is 923. The molecule has 4 N–H and O–H groups in total. The van der Waals surface area contributed by atoms with Crippen molar-refractivity contribution >= 4 is 29.4 Å². The predicted molar refractivity (Wildman–Crippen MR) is 132 cm³/mol. The average molecular weight is 487 g/mol. The summed E-state index contributed by atoms with van der Waals surface area (Å²) in [5.74, 6) is -3.30. The summed E-state index contributed by atoms with van der Waals surface area (Å²) in [7, 11) is 0. The third kappa shape index (κ3) is 8.19. The molecule has 9 heteroatoms. The van der Waals surface area contributed by atoms with Crippen molar-refractivity contribution in [2.75, 3.05) is 0 Å². The first kappa shape index (κ1) is 28.0. The second-order valence-electron chi connectivity index (χ2n) is 10.0. The minimum atomic E-state index is -1.30. The van der Waals surface area contributed by atoms with Gasteiger partial charge in [-0.05, 0) is 51.7 Å². The summed E-state index contributed by atoms with van der Waals surface area (Å²) in [6, 6.07) is 6.45. The zero-order chi connectivity index (χ0) is 26.2. The lowest BCUT2D eigenvalue weighted by molar-refractivity contribution is -0.141. The summed E-state index contributed by atoms with van der Waals surface area (Å²) >= 11 is 0. The summed E-state index contributed by atoms with van der Waals surface area (Å²) < 4.78 is 0. The van der Waals surface area contributed by atoms with Crippen molar-refractivity contribution < 1.29 is 24.0 Å². The van der Waals surface area contributed by atoms with Gasteiger partial charge in [0, 0.05) is 11.6 Å². The molecule has 2 rings (SSSR count). The van der Waals surface area contributed by atoms with Crippen molar-refractivity contribution in [2.24, 2.45) is 5.92 Å². The number of hydrogen-bond donors (Lipinski definition) is 4. The fraction of sp³-hybridized carbons (Fsp3) is 0.577. The Balaban J connectivity index is 1.94. The van der Waals surface area contributed by atoms with E-state index in [4.69, 9.17) is 0 Å². The lowest BCUT2D eigenvalue weighted by Gasteiger charge is -2.28. The molecule has 0 aliphatic heterocycles. The van der Waals surface area contributed by atoms with Gasteiger partial charge in [0.1, 0.15) is 11.6 Å². The van der Waals surface area contributed by atoms with Crippen LogP contribution >= 0.6 is 0 Å². The highest BCUT2D eigenvalue weighted by Gasteiger charge is 2.35. The monoisotopic (exact) mass is 486 g/mol. The first-order chi connectivity index (χ1) is 16.4. The van der Waals surface area contributed by atoms with Crippen LogP contribution in [0.2, 0.25) is 0 Å². The van der Waals surface area contributed by atoms with E-state index in [1.165, 1.54) is 20.8 Å². The van der Waals surface area contributed by atoms with Crippen LogP contribution in [0.5, 0.6) is 0 Å². The van der Waals surface area contributed by atoms with Gasteiger partial charge in [-0.3, -0.25) is 24.0 Å². The topological polar surface area (TPSA) is 133 Å². The molecule has 0 aromatic heterocycles. The van der Waals surface area contributed by atoms with Crippen LogP contribution in [0.3, 0.4) is 0 Å². The van der Waals surface area contributed by atoms with Crippen LogP contribution < -0.4 is 21.3 Å². The van der Waals surface area contributed by atoms with E-state index in [0.717, 1.165) is 32.1 Å². The molecular weight excluding hydrogens is 448 g/mol. The van der Waals surface area contributed by atoms with Crippen LogP contribution in [0.1, 0.15) is 77.1 Å². The van der Waals surface area contributed by atoms with Gasteiger partial charge in [0.25, 0.3) is 11.8 Å². The molecule has 2 atom stereocenters. The lowest BCUT2D eigenvalue weighted by atomic mass is 9.94. The van der Waals surface area contributed by atoms with Crippen LogP contribution in [0.25, 0.3) is 0 Å². The molecule has 0 bridgehead atoms. The van der Waals surface area contributed by atoms with Gasteiger partial charge in [0.2, 0.25) is 17.6 Å². The molecule has 0 heterocycles. The summed E-state index contributed by atoms with van der Waals surface area (Å²) in [5, 5.41) is 10.6. The van der Waals surface area contributed by atoms with Crippen molar-refractivity contribution in [3.8, 4) is 0 Å². The molecule has 1 aliphatic carbocycles. The van der Waals surface area contributed by atoms with Gasteiger partial charge in [-0.15, -0.1) is 0 Å². The van der Waals surface area contributed by atoms with Crippen molar-refractivity contribution in [3.05, 3.63) is 35.9 Å². The van der Waals surface area contributed by atoms with E-state index in [1.54, 1.807) is 44.2 Å². The van der Waals surface area contributed by atoms with Crippen LogP contribution in [0, 0.1) is 5.92 Å². The van der Waals surface area contributed by atoms with Gasteiger partial charge in [0.05, 0.1) is 6.04 Å². The molecule has 0 saturated heterocycles. The third-order valence-electron chi connectivity index (χ3n) is 6.18. The number of carbonyl (C=O) groups excluding carboxylic acids is 5. The van der Waals surface area contributed by atoms with E-state index in [0.29, 0.717) is 5.56 Å². The third-order valence-corrected chi connectivity index (χ3v) is 6.18. The molecule has 4 amide bonds. The SMILES string of the molecule is CC(NC(=O)C(C)(C)NC(=O)c1ccccc1)C(=O)NC(C(=O)C(=O)NC1CCCCC1)C(C)C. The van der Waals surface area contributed by atoms with E-state index < -0.39 is 47.0 Å². The Morgan fingerprint density at radius 2 is 1.49 bits per heavy atom. The fourth-order valence-corrected chi connectivity index (χ4v) is 3.90. The van der Waals surface area contributed by atoms with Gasteiger partial charge in [-0.25, -0.2) is 0 Å². The maximum absolute atomic E-state index is 12.8. The molecule has 1 saturated carbocycles. The predicted octanol–water partition coefficient (Wildman–Crippen LogP) is 1.86. The quantitative estimate of drug-likeness (QED) is 0.375. The Morgan fingerprint density at radius 3 is 2.06 bits per heavy atom. The van der Waals surface area contributed by atoms with E-state index in [9.17, 15) is 24.0 Å². The molecule has 1 fully saturated rings. The summed E-state index contributed by atoms with van der Waals surface area (Å²) in [5.41, 5.74) is -0.891. The van der Waals surface area contributed by atoms with E-state index in [1.807, 2.05) is 0 Å². The standard InChI is InChI=1S/C26H38N4O5/c1-16(2)20(21(31)24(34)28-19-14-10-7-11-15-19)29-22(32)17(3)27-25(35)26(4,5)30-23(33)18-12-8-6-9-13-18/h6,8-9,12-13,16-17,19-20H,7,10-11,14-15H2,1-5H3,(H,27,35)(H,28,34)(H,29,32)(H,30,33). The van der Waals surface area contributed by atoms with E-state index >= 15 is 0 Å². The fourth-order valence-electron chi connectivity index (χ4n) is 3.90. The highest BCUT2D eigenvalue weighted by atomic mass is 16.2. The largest absolute Gasteiger partial charge is 0.347 e. The number of ketones is 1. The Kier molecular flexibility index (Phi) is 9.98. The summed E-state index contributed by atoms with van der Waals surface area (Å²) in [6.45, 7) is 8.02. The molecule has 35 heavy (non-hydrogen) atoms. The molecule has 0 spiro atoms. The Morgan fingerprint density at radius 1 is 0.886 bits per heavy atom. The number of amides is 4. The van der Waals surface area contributed by atoms with E-state index in [-0.39, 0.29) is 12.0 Å². The Hall–Kier alpha value is -3.23. The molecule has 192 valence electrons. The van der Waals surface area contributed by atoms with Gasteiger partial charge >= 0.3 is 0 Å². The minimum Gasteiger partial charge on any atom is -0.347 e. The van der Waals surface area contributed by atoms with Gasteiger partial charge in [-0.1, -0.05) is 51.3 Å². The zero-order valence-electron chi connectivity index (χ0n) is 21.3. The van der Waals surface area contributed by atoms with Crippen LogP contribution in [0.15, 0.2) is 30.3 Å². The number of Topliss-reactive ketones (excluding diaryl/α,β-unsaturated/α-hetero) is 1. The second-order valence-corrected chi connectivity index (χ2v) is 10.0. The molecule has 9 nitrogen and oxygen atoms in total. The van der Waals surface area contributed by atoms with Gasteiger partial charge < -0.3 is 21.3 Å². The second kappa shape index (κ2) is 12.5. The summed E-state index contributed by atoms with van der Waals surface area (Å²) in [6.07, 6.45) is 4.85. The van der Waals surface area contributed by atoms with Crippen molar-refractivity contribution in [2.45, 2.75) is 90.4 Å².